The summed E-state index contributed by atoms with van der Waals surface area (Å²) in [5, 5.41) is 3.56. The maximum absolute atomic E-state index is 12.3. The number of rotatable bonds is 2. The van der Waals surface area contributed by atoms with Gasteiger partial charge in [-0.25, -0.2) is 0 Å². The topological polar surface area (TPSA) is 38.3 Å². The highest BCUT2D eigenvalue weighted by molar-refractivity contribution is 6.30. The molecule has 0 saturated carbocycles. The number of carbonyl (C=O) groups is 1. The van der Waals surface area contributed by atoms with Crippen LogP contribution in [0.1, 0.15) is 11.1 Å². The van der Waals surface area contributed by atoms with E-state index in [-0.39, 0.29) is 5.91 Å². The first kappa shape index (κ1) is 13.0. The minimum absolute atomic E-state index is 0.133. The minimum Gasteiger partial charge on any atom is -0.480 e. The molecular formula is C16H14ClNO2. The molecule has 0 aliphatic carbocycles. The van der Waals surface area contributed by atoms with Crippen molar-refractivity contribution in [3.63, 3.8) is 0 Å². The SMILES string of the molecule is Cc1ccccc1NC(=O)C1Cc2cc(Cl)ccc2O1. The van der Waals surface area contributed by atoms with Crippen LogP contribution >= 0.6 is 11.6 Å². The van der Waals surface area contributed by atoms with Crippen molar-refractivity contribution < 1.29 is 9.53 Å². The van der Waals surface area contributed by atoms with Crippen molar-refractivity contribution in [3.8, 4) is 5.75 Å². The van der Waals surface area contributed by atoms with Crippen molar-refractivity contribution >= 4 is 23.2 Å². The lowest BCUT2D eigenvalue weighted by molar-refractivity contribution is -0.122. The van der Waals surface area contributed by atoms with Gasteiger partial charge in [0.2, 0.25) is 0 Å². The smallest absolute Gasteiger partial charge is 0.265 e. The van der Waals surface area contributed by atoms with Gasteiger partial charge < -0.3 is 10.1 Å². The first-order chi connectivity index (χ1) is 9.63. The van der Waals surface area contributed by atoms with E-state index in [1.165, 1.54) is 0 Å². The predicted octanol–water partition coefficient (Wildman–Crippen LogP) is 3.59. The Morgan fingerprint density at radius 2 is 2.10 bits per heavy atom. The standard InChI is InChI=1S/C16H14ClNO2/c1-10-4-2-3-5-13(10)18-16(19)15-9-11-8-12(17)6-7-14(11)20-15/h2-8,15H,9H2,1H3,(H,18,19). The number of nitrogens with one attached hydrogen (secondary N) is 1. The molecule has 2 aromatic carbocycles. The van der Waals surface area contributed by atoms with Crippen molar-refractivity contribution in [1.82, 2.24) is 0 Å². The van der Waals surface area contributed by atoms with Crippen LogP contribution in [0, 0.1) is 6.92 Å². The molecule has 0 saturated heterocycles. The van der Waals surface area contributed by atoms with Gasteiger partial charge in [-0.1, -0.05) is 29.8 Å². The summed E-state index contributed by atoms with van der Waals surface area (Å²) >= 11 is 5.95. The summed E-state index contributed by atoms with van der Waals surface area (Å²) in [5.74, 6) is 0.603. The number of benzene rings is 2. The Morgan fingerprint density at radius 3 is 2.90 bits per heavy atom. The number of fused-ring (bicyclic) bond motifs is 1. The van der Waals surface area contributed by atoms with E-state index in [0.29, 0.717) is 11.4 Å². The second kappa shape index (κ2) is 5.17. The Morgan fingerprint density at radius 1 is 1.30 bits per heavy atom. The number of hydrogen-bond acceptors (Lipinski definition) is 2. The summed E-state index contributed by atoms with van der Waals surface area (Å²) in [4.78, 5) is 12.3. The number of para-hydroxylation sites is 1. The van der Waals surface area contributed by atoms with Crippen LogP contribution < -0.4 is 10.1 Å². The molecule has 1 aliphatic heterocycles. The highest BCUT2D eigenvalue weighted by Crippen LogP contribution is 2.31. The molecule has 1 heterocycles. The normalized spacial score (nSPS) is 16.4. The van der Waals surface area contributed by atoms with Crippen LogP contribution in [0.2, 0.25) is 5.02 Å². The molecule has 0 aromatic heterocycles. The lowest BCUT2D eigenvalue weighted by atomic mass is 10.1. The third-order valence-corrected chi connectivity index (χ3v) is 3.63. The molecule has 0 radical (unpaired) electrons. The fourth-order valence-corrected chi connectivity index (χ4v) is 2.48. The van der Waals surface area contributed by atoms with E-state index in [9.17, 15) is 4.79 Å². The maximum atomic E-state index is 12.3. The quantitative estimate of drug-likeness (QED) is 0.917. The van der Waals surface area contributed by atoms with Gasteiger partial charge in [0.1, 0.15) is 5.75 Å². The Labute approximate surface area is 122 Å². The monoisotopic (exact) mass is 287 g/mol. The zero-order chi connectivity index (χ0) is 14.1. The number of anilines is 1. The van der Waals surface area contributed by atoms with Crippen molar-refractivity contribution in [1.29, 1.82) is 0 Å². The summed E-state index contributed by atoms with van der Waals surface area (Å²) in [6.45, 7) is 1.96. The van der Waals surface area contributed by atoms with Gasteiger partial charge >= 0.3 is 0 Å². The lowest BCUT2D eigenvalue weighted by Crippen LogP contribution is -2.31. The lowest BCUT2D eigenvalue weighted by Gasteiger charge is -2.12. The minimum atomic E-state index is -0.497. The predicted molar refractivity (Wildman–Crippen MR) is 79.4 cm³/mol. The van der Waals surface area contributed by atoms with Crippen LogP contribution in [0.15, 0.2) is 42.5 Å². The molecule has 0 bridgehead atoms. The first-order valence-corrected chi connectivity index (χ1v) is 6.83. The van der Waals surface area contributed by atoms with Crippen LogP contribution in [-0.2, 0) is 11.2 Å². The zero-order valence-corrected chi connectivity index (χ0v) is 11.8. The molecule has 0 spiro atoms. The number of ether oxygens (including phenoxy) is 1. The molecular weight excluding hydrogens is 274 g/mol. The summed E-state index contributed by atoms with van der Waals surface area (Å²) in [7, 11) is 0. The van der Waals surface area contributed by atoms with Crippen LogP contribution in [0.25, 0.3) is 0 Å². The number of carbonyl (C=O) groups excluding carboxylic acids is 1. The molecule has 4 heteroatoms. The first-order valence-electron chi connectivity index (χ1n) is 6.45. The molecule has 1 N–H and O–H groups in total. The van der Waals surface area contributed by atoms with Crippen molar-refractivity contribution in [2.45, 2.75) is 19.4 Å². The molecule has 3 nitrogen and oxygen atoms in total. The second-order valence-corrected chi connectivity index (χ2v) is 5.30. The Kier molecular flexibility index (Phi) is 3.36. The van der Waals surface area contributed by atoms with Gasteiger partial charge in [0.05, 0.1) is 0 Å². The van der Waals surface area contributed by atoms with Crippen LogP contribution in [0.4, 0.5) is 5.69 Å². The van der Waals surface area contributed by atoms with Gasteiger partial charge in [-0.2, -0.15) is 0 Å². The van der Waals surface area contributed by atoms with E-state index in [0.717, 1.165) is 22.6 Å². The van der Waals surface area contributed by atoms with Crippen molar-refractivity contribution in [2.24, 2.45) is 0 Å². The van der Waals surface area contributed by atoms with E-state index < -0.39 is 6.10 Å². The molecule has 1 aliphatic rings. The van der Waals surface area contributed by atoms with E-state index in [4.69, 9.17) is 16.3 Å². The number of hydrogen-bond donors (Lipinski definition) is 1. The molecule has 1 atom stereocenters. The molecule has 0 fully saturated rings. The molecule has 2 aromatic rings. The average molecular weight is 288 g/mol. The largest absolute Gasteiger partial charge is 0.480 e. The maximum Gasteiger partial charge on any atom is 0.265 e. The highest BCUT2D eigenvalue weighted by atomic mass is 35.5. The van der Waals surface area contributed by atoms with E-state index in [1.807, 2.05) is 37.3 Å². The van der Waals surface area contributed by atoms with Gasteiger partial charge in [0.25, 0.3) is 5.91 Å². The van der Waals surface area contributed by atoms with Gasteiger partial charge in [-0.05, 0) is 42.3 Å². The molecule has 1 amide bonds. The zero-order valence-electron chi connectivity index (χ0n) is 11.0. The summed E-state index contributed by atoms with van der Waals surface area (Å²) in [6, 6.07) is 13.1. The molecule has 3 rings (SSSR count). The van der Waals surface area contributed by atoms with Gasteiger partial charge in [0, 0.05) is 17.1 Å². The summed E-state index contributed by atoms with van der Waals surface area (Å²) < 4.78 is 5.67. The van der Waals surface area contributed by atoms with E-state index in [1.54, 1.807) is 12.1 Å². The number of aryl methyl sites for hydroxylation is 1. The molecule has 20 heavy (non-hydrogen) atoms. The average Bonchev–Trinajstić information content (AvgIpc) is 2.84. The summed E-state index contributed by atoms with van der Waals surface area (Å²) in [5.41, 5.74) is 2.82. The number of halogens is 1. The van der Waals surface area contributed by atoms with Gasteiger partial charge in [0.15, 0.2) is 6.10 Å². The van der Waals surface area contributed by atoms with Crippen molar-refractivity contribution in [2.75, 3.05) is 5.32 Å². The van der Waals surface area contributed by atoms with Crippen LogP contribution in [0.5, 0.6) is 5.75 Å². The molecule has 1 unspecified atom stereocenters. The Bertz CT molecular complexity index is 669. The van der Waals surface area contributed by atoms with Gasteiger partial charge in [-0.3, -0.25) is 4.79 Å². The molecule has 102 valence electrons. The van der Waals surface area contributed by atoms with Crippen molar-refractivity contribution in [3.05, 3.63) is 58.6 Å². The van der Waals surface area contributed by atoms with E-state index in [2.05, 4.69) is 5.32 Å². The van der Waals surface area contributed by atoms with Crippen LogP contribution in [-0.4, -0.2) is 12.0 Å². The van der Waals surface area contributed by atoms with Crippen LogP contribution in [0.3, 0.4) is 0 Å². The third kappa shape index (κ3) is 2.49. The third-order valence-electron chi connectivity index (χ3n) is 3.39. The Balaban J connectivity index is 1.73. The highest BCUT2D eigenvalue weighted by Gasteiger charge is 2.29. The van der Waals surface area contributed by atoms with E-state index >= 15 is 0 Å². The van der Waals surface area contributed by atoms with Gasteiger partial charge in [-0.15, -0.1) is 0 Å². The fraction of sp³-hybridized carbons (Fsp3) is 0.188. The second-order valence-electron chi connectivity index (χ2n) is 4.87. The summed E-state index contributed by atoms with van der Waals surface area (Å²) in [6.07, 6.45) is 0.0521. The number of amides is 1. The Hall–Kier alpha value is -2.00. The fourth-order valence-electron chi connectivity index (χ4n) is 2.29.